The van der Waals surface area contributed by atoms with Crippen molar-refractivity contribution in [1.82, 2.24) is 9.55 Å². The van der Waals surface area contributed by atoms with Crippen molar-refractivity contribution in [3.8, 4) is 0 Å². The standard InChI is InChI=1S/C14H16N2O3/c1-14(5-2-6-19-8-14)16-9-15-11-7-10(13(17)18)3-4-12(11)16/h3-4,7,9H,2,5-6,8H2,1H3,(H,17,18). The van der Waals surface area contributed by atoms with Crippen LogP contribution in [0.15, 0.2) is 24.5 Å². The number of fused-ring (bicyclic) bond motifs is 1. The van der Waals surface area contributed by atoms with Gasteiger partial charge in [-0.1, -0.05) is 0 Å². The average Bonchev–Trinajstić information content (AvgIpc) is 2.83. The second-order valence-electron chi connectivity index (χ2n) is 5.28. The van der Waals surface area contributed by atoms with Crippen LogP contribution in [0.1, 0.15) is 30.1 Å². The molecule has 0 saturated carbocycles. The van der Waals surface area contributed by atoms with Gasteiger partial charge in [0, 0.05) is 6.61 Å². The largest absolute Gasteiger partial charge is 0.478 e. The van der Waals surface area contributed by atoms with Crippen LogP contribution in [-0.2, 0) is 10.3 Å². The molecule has 1 N–H and O–H groups in total. The van der Waals surface area contributed by atoms with Crippen LogP contribution in [0.3, 0.4) is 0 Å². The molecule has 100 valence electrons. The molecule has 1 aliphatic rings. The first-order valence-electron chi connectivity index (χ1n) is 6.39. The zero-order valence-electron chi connectivity index (χ0n) is 10.8. The molecule has 1 fully saturated rings. The van der Waals surface area contributed by atoms with Crippen molar-refractivity contribution < 1.29 is 14.6 Å². The molecule has 1 saturated heterocycles. The minimum atomic E-state index is -0.927. The van der Waals surface area contributed by atoms with Crippen molar-refractivity contribution in [1.29, 1.82) is 0 Å². The third-order valence-electron chi connectivity index (χ3n) is 3.79. The lowest BCUT2D eigenvalue weighted by atomic mass is 9.94. The van der Waals surface area contributed by atoms with Crippen LogP contribution in [0.2, 0.25) is 0 Å². The number of aromatic carboxylic acids is 1. The van der Waals surface area contributed by atoms with Crippen molar-refractivity contribution in [3.63, 3.8) is 0 Å². The van der Waals surface area contributed by atoms with E-state index < -0.39 is 5.97 Å². The summed E-state index contributed by atoms with van der Waals surface area (Å²) >= 11 is 0. The van der Waals surface area contributed by atoms with Crippen LogP contribution in [0, 0.1) is 0 Å². The number of ether oxygens (including phenoxy) is 1. The van der Waals surface area contributed by atoms with Crippen LogP contribution < -0.4 is 0 Å². The zero-order valence-corrected chi connectivity index (χ0v) is 10.8. The number of hydrogen-bond acceptors (Lipinski definition) is 3. The molecule has 2 heterocycles. The van der Waals surface area contributed by atoms with Gasteiger partial charge in [0.25, 0.3) is 0 Å². The molecule has 2 aromatic rings. The molecular formula is C14H16N2O3. The summed E-state index contributed by atoms with van der Waals surface area (Å²) in [5.74, 6) is -0.927. The normalized spacial score (nSPS) is 23.6. The van der Waals surface area contributed by atoms with Gasteiger partial charge < -0.3 is 14.4 Å². The Morgan fingerprint density at radius 3 is 3.05 bits per heavy atom. The number of hydrogen-bond donors (Lipinski definition) is 1. The summed E-state index contributed by atoms with van der Waals surface area (Å²) in [4.78, 5) is 15.3. The Labute approximate surface area is 110 Å². The second-order valence-corrected chi connectivity index (χ2v) is 5.28. The van der Waals surface area contributed by atoms with E-state index in [2.05, 4.69) is 16.5 Å². The number of imidazole rings is 1. The first-order valence-corrected chi connectivity index (χ1v) is 6.39. The fourth-order valence-electron chi connectivity index (χ4n) is 2.69. The fraction of sp³-hybridized carbons (Fsp3) is 0.429. The summed E-state index contributed by atoms with van der Waals surface area (Å²) < 4.78 is 7.68. The highest BCUT2D eigenvalue weighted by atomic mass is 16.5. The van der Waals surface area contributed by atoms with Gasteiger partial charge in [0.2, 0.25) is 0 Å². The summed E-state index contributed by atoms with van der Waals surface area (Å²) in [6.45, 7) is 3.63. The van der Waals surface area contributed by atoms with E-state index >= 15 is 0 Å². The van der Waals surface area contributed by atoms with Gasteiger partial charge >= 0.3 is 5.97 Å². The maximum absolute atomic E-state index is 11.0. The first-order chi connectivity index (χ1) is 9.10. The SMILES string of the molecule is CC1(n2cnc3cc(C(=O)O)ccc32)CCCOC1. The molecule has 1 unspecified atom stereocenters. The molecular weight excluding hydrogens is 244 g/mol. The number of nitrogens with zero attached hydrogens (tertiary/aromatic N) is 2. The molecule has 0 bridgehead atoms. The number of carboxylic acids is 1. The van der Waals surface area contributed by atoms with Gasteiger partial charge in [0.15, 0.2) is 0 Å². The van der Waals surface area contributed by atoms with Gasteiger partial charge in [0.05, 0.1) is 35.1 Å². The number of rotatable bonds is 2. The van der Waals surface area contributed by atoms with Crippen LogP contribution in [0.5, 0.6) is 0 Å². The molecule has 1 aromatic carbocycles. The fourth-order valence-corrected chi connectivity index (χ4v) is 2.69. The third-order valence-corrected chi connectivity index (χ3v) is 3.79. The van der Waals surface area contributed by atoms with E-state index in [0.29, 0.717) is 12.1 Å². The maximum Gasteiger partial charge on any atom is 0.335 e. The lowest BCUT2D eigenvalue weighted by Crippen LogP contribution is -2.38. The van der Waals surface area contributed by atoms with Crippen LogP contribution >= 0.6 is 0 Å². The van der Waals surface area contributed by atoms with Crippen LogP contribution in [0.25, 0.3) is 11.0 Å². The van der Waals surface area contributed by atoms with Crippen molar-refractivity contribution in [2.75, 3.05) is 13.2 Å². The van der Waals surface area contributed by atoms with Gasteiger partial charge in [-0.3, -0.25) is 0 Å². The molecule has 1 atom stereocenters. The molecule has 0 radical (unpaired) electrons. The lowest BCUT2D eigenvalue weighted by Gasteiger charge is -2.35. The smallest absolute Gasteiger partial charge is 0.335 e. The lowest BCUT2D eigenvalue weighted by molar-refractivity contribution is 0.0114. The van der Waals surface area contributed by atoms with E-state index in [1.165, 1.54) is 0 Å². The number of carboxylic acid groups (broad SMARTS) is 1. The summed E-state index contributed by atoms with van der Waals surface area (Å²) in [6, 6.07) is 5.06. The van der Waals surface area contributed by atoms with Gasteiger partial charge in [-0.2, -0.15) is 0 Å². The molecule has 3 rings (SSSR count). The quantitative estimate of drug-likeness (QED) is 0.899. The molecule has 1 aromatic heterocycles. The number of aromatic nitrogens is 2. The first kappa shape index (κ1) is 12.2. The summed E-state index contributed by atoms with van der Waals surface area (Å²) in [5.41, 5.74) is 1.84. The van der Waals surface area contributed by atoms with Crippen molar-refractivity contribution >= 4 is 17.0 Å². The Morgan fingerprint density at radius 1 is 1.53 bits per heavy atom. The summed E-state index contributed by atoms with van der Waals surface area (Å²) in [7, 11) is 0. The summed E-state index contributed by atoms with van der Waals surface area (Å²) in [6.07, 6.45) is 3.85. The van der Waals surface area contributed by atoms with Gasteiger partial charge in [-0.25, -0.2) is 9.78 Å². The predicted octanol–water partition coefficient (Wildman–Crippen LogP) is 2.26. The van der Waals surface area contributed by atoms with E-state index in [1.807, 2.05) is 6.07 Å². The Hall–Kier alpha value is -1.88. The highest BCUT2D eigenvalue weighted by Gasteiger charge is 2.30. The average molecular weight is 260 g/mol. The van der Waals surface area contributed by atoms with Gasteiger partial charge in [-0.05, 0) is 38.0 Å². The third kappa shape index (κ3) is 2.00. The molecule has 0 aliphatic carbocycles. The minimum absolute atomic E-state index is 0.0995. The summed E-state index contributed by atoms with van der Waals surface area (Å²) in [5, 5.41) is 9.00. The number of carbonyl (C=O) groups is 1. The van der Waals surface area contributed by atoms with Gasteiger partial charge in [-0.15, -0.1) is 0 Å². The Bertz CT molecular complexity index is 627. The van der Waals surface area contributed by atoms with E-state index in [1.54, 1.807) is 18.5 Å². The molecule has 0 spiro atoms. The predicted molar refractivity (Wildman–Crippen MR) is 70.4 cm³/mol. The Kier molecular flexibility index (Phi) is 2.78. The number of benzene rings is 1. The van der Waals surface area contributed by atoms with Crippen molar-refractivity contribution in [2.45, 2.75) is 25.3 Å². The molecule has 5 nitrogen and oxygen atoms in total. The highest BCUT2D eigenvalue weighted by Crippen LogP contribution is 2.30. The Morgan fingerprint density at radius 2 is 2.37 bits per heavy atom. The van der Waals surface area contributed by atoms with E-state index in [0.717, 1.165) is 25.0 Å². The van der Waals surface area contributed by atoms with E-state index in [9.17, 15) is 4.79 Å². The van der Waals surface area contributed by atoms with E-state index in [4.69, 9.17) is 9.84 Å². The van der Waals surface area contributed by atoms with Crippen molar-refractivity contribution in [3.05, 3.63) is 30.1 Å². The molecule has 5 heteroatoms. The molecule has 1 aliphatic heterocycles. The molecule has 0 amide bonds. The van der Waals surface area contributed by atoms with Crippen LogP contribution in [0.4, 0.5) is 0 Å². The minimum Gasteiger partial charge on any atom is -0.478 e. The van der Waals surface area contributed by atoms with Crippen molar-refractivity contribution in [2.24, 2.45) is 0 Å². The topological polar surface area (TPSA) is 64.4 Å². The second kappa shape index (κ2) is 4.35. The van der Waals surface area contributed by atoms with Gasteiger partial charge in [0.1, 0.15) is 0 Å². The van der Waals surface area contributed by atoms with Crippen LogP contribution in [-0.4, -0.2) is 33.8 Å². The van der Waals surface area contributed by atoms with E-state index in [-0.39, 0.29) is 11.1 Å². The highest BCUT2D eigenvalue weighted by molar-refractivity contribution is 5.92. The monoisotopic (exact) mass is 260 g/mol. The Balaban J connectivity index is 2.08. The maximum atomic E-state index is 11.0. The molecule has 19 heavy (non-hydrogen) atoms. The zero-order chi connectivity index (χ0) is 13.5.